The van der Waals surface area contributed by atoms with Crippen molar-refractivity contribution in [3.05, 3.63) is 29.8 Å². The molecule has 0 saturated heterocycles. The highest BCUT2D eigenvalue weighted by molar-refractivity contribution is 7.18. The lowest BCUT2D eigenvalue weighted by atomic mass is 10.1. The molecule has 6 heteroatoms. The summed E-state index contributed by atoms with van der Waals surface area (Å²) in [6.07, 6.45) is 0.291. The van der Waals surface area contributed by atoms with E-state index in [1.165, 1.54) is 11.3 Å². The van der Waals surface area contributed by atoms with Crippen molar-refractivity contribution in [3.63, 3.8) is 0 Å². The highest BCUT2D eigenvalue weighted by atomic mass is 32.1. The van der Waals surface area contributed by atoms with Crippen LogP contribution in [0.5, 0.6) is 0 Å². The molecule has 0 aliphatic heterocycles. The topological polar surface area (TPSA) is 80.9 Å². The number of aromatic nitrogens is 2. The fourth-order valence-electron chi connectivity index (χ4n) is 1.48. The second-order valence-corrected chi connectivity index (χ2v) is 4.85. The van der Waals surface area contributed by atoms with Crippen molar-refractivity contribution in [2.75, 3.05) is 11.9 Å². The summed E-state index contributed by atoms with van der Waals surface area (Å²) < 4.78 is 0. The minimum absolute atomic E-state index is 0.135. The average Bonchev–Trinajstić information content (AvgIpc) is 2.78. The number of carbonyl (C=O) groups excluding carboxylic acids is 1. The number of rotatable bonds is 4. The third-order valence-corrected chi connectivity index (χ3v) is 3.20. The van der Waals surface area contributed by atoms with E-state index in [1.807, 2.05) is 31.2 Å². The minimum atomic E-state index is -0.135. The largest absolute Gasteiger partial charge is 0.330 e. The van der Waals surface area contributed by atoms with Gasteiger partial charge in [-0.3, -0.25) is 4.79 Å². The van der Waals surface area contributed by atoms with Crippen LogP contribution in [0.25, 0.3) is 10.6 Å². The lowest BCUT2D eigenvalue weighted by Gasteiger charge is -1.97. The summed E-state index contributed by atoms with van der Waals surface area (Å²) >= 11 is 1.35. The molecule has 0 aliphatic rings. The van der Waals surface area contributed by atoms with Gasteiger partial charge in [-0.2, -0.15) is 0 Å². The summed E-state index contributed by atoms with van der Waals surface area (Å²) in [5.41, 5.74) is 7.47. The lowest BCUT2D eigenvalue weighted by Crippen LogP contribution is -2.15. The third-order valence-electron chi connectivity index (χ3n) is 2.31. The predicted octanol–water partition coefficient (Wildman–Crippen LogP) is 1.80. The van der Waals surface area contributed by atoms with Gasteiger partial charge in [0, 0.05) is 18.5 Å². The molecule has 0 spiro atoms. The zero-order valence-electron chi connectivity index (χ0n) is 10.0. The number of aryl methyl sites for hydroxylation is 1. The SMILES string of the molecule is Cc1cccc(-c2nnc(NC(=O)CCN)s2)c1. The number of carbonyl (C=O) groups is 1. The molecule has 0 fully saturated rings. The van der Waals surface area contributed by atoms with E-state index in [-0.39, 0.29) is 5.91 Å². The Morgan fingerprint density at radius 1 is 1.44 bits per heavy atom. The monoisotopic (exact) mass is 262 g/mol. The van der Waals surface area contributed by atoms with E-state index in [0.29, 0.717) is 18.1 Å². The van der Waals surface area contributed by atoms with Crippen LogP contribution in [0.4, 0.5) is 5.13 Å². The average molecular weight is 262 g/mol. The summed E-state index contributed by atoms with van der Waals surface area (Å²) in [6, 6.07) is 8.00. The number of hydrogen-bond donors (Lipinski definition) is 2. The molecule has 1 aromatic carbocycles. The Labute approximate surface area is 109 Å². The Hall–Kier alpha value is -1.79. The highest BCUT2D eigenvalue weighted by Gasteiger charge is 2.09. The summed E-state index contributed by atoms with van der Waals surface area (Å²) in [5.74, 6) is -0.135. The number of benzene rings is 1. The maximum Gasteiger partial charge on any atom is 0.227 e. The predicted molar refractivity (Wildman–Crippen MR) is 72.4 cm³/mol. The smallest absolute Gasteiger partial charge is 0.227 e. The lowest BCUT2D eigenvalue weighted by molar-refractivity contribution is -0.116. The first-order valence-corrected chi connectivity index (χ1v) is 6.41. The molecule has 1 heterocycles. The Bertz CT molecular complexity index is 553. The van der Waals surface area contributed by atoms with Gasteiger partial charge >= 0.3 is 0 Å². The normalized spacial score (nSPS) is 10.3. The number of nitrogens with zero attached hydrogens (tertiary/aromatic N) is 2. The number of nitrogens with one attached hydrogen (secondary N) is 1. The van der Waals surface area contributed by atoms with Crippen molar-refractivity contribution in [1.29, 1.82) is 0 Å². The van der Waals surface area contributed by atoms with E-state index >= 15 is 0 Å². The molecule has 18 heavy (non-hydrogen) atoms. The molecule has 0 aliphatic carbocycles. The first kappa shape index (κ1) is 12.7. The number of hydrogen-bond acceptors (Lipinski definition) is 5. The fourth-order valence-corrected chi connectivity index (χ4v) is 2.24. The van der Waals surface area contributed by atoms with Gasteiger partial charge in [0.05, 0.1) is 0 Å². The first-order valence-electron chi connectivity index (χ1n) is 5.59. The van der Waals surface area contributed by atoms with Crippen molar-refractivity contribution in [2.45, 2.75) is 13.3 Å². The maximum absolute atomic E-state index is 11.4. The molecule has 0 radical (unpaired) electrons. The van der Waals surface area contributed by atoms with E-state index in [0.717, 1.165) is 16.1 Å². The van der Waals surface area contributed by atoms with Crippen LogP contribution in [-0.2, 0) is 4.79 Å². The molecule has 1 aromatic heterocycles. The summed E-state index contributed by atoms with van der Waals surface area (Å²) in [5, 5.41) is 12.0. The molecular formula is C12H14N4OS. The molecule has 0 atom stereocenters. The van der Waals surface area contributed by atoms with Crippen molar-refractivity contribution < 1.29 is 4.79 Å². The van der Waals surface area contributed by atoms with Crippen molar-refractivity contribution in [2.24, 2.45) is 5.73 Å². The maximum atomic E-state index is 11.4. The van der Waals surface area contributed by atoms with Crippen LogP contribution >= 0.6 is 11.3 Å². The van der Waals surface area contributed by atoms with Crippen LogP contribution in [0, 0.1) is 6.92 Å². The zero-order chi connectivity index (χ0) is 13.0. The number of amides is 1. The van der Waals surface area contributed by atoms with Gasteiger partial charge in [-0.05, 0) is 13.0 Å². The summed E-state index contributed by atoms with van der Waals surface area (Å²) in [4.78, 5) is 11.4. The molecule has 2 aromatic rings. The molecule has 5 nitrogen and oxygen atoms in total. The first-order chi connectivity index (χ1) is 8.69. The van der Waals surface area contributed by atoms with Crippen LogP contribution in [0.1, 0.15) is 12.0 Å². The Morgan fingerprint density at radius 3 is 3.00 bits per heavy atom. The van der Waals surface area contributed by atoms with Crippen LogP contribution < -0.4 is 11.1 Å². The molecular weight excluding hydrogens is 248 g/mol. The van der Waals surface area contributed by atoms with E-state index < -0.39 is 0 Å². The van der Waals surface area contributed by atoms with E-state index in [2.05, 4.69) is 15.5 Å². The molecule has 94 valence electrons. The van der Waals surface area contributed by atoms with E-state index in [4.69, 9.17) is 5.73 Å². The Kier molecular flexibility index (Phi) is 4.01. The number of nitrogens with two attached hydrogens (primary N) is 1. The summed E-state index contributed by atoms with van der Waals surface area (Å²) in [6.45, 7) is 2.35. The Balaban J connectivity index is 2.13. The molecule has 2 rings (SSSR count). The van der Waals surface area contributed by atoms with Crippen molar-refractivity contribution in [3.8, 4) is 10.6 Å². The second kappa shape index (κ2) is 5.70. The van der Waals surface area contributed by atoms with E-state index in [9.17, 15) is 4.79 Å². The Morgan fingerprint density at radius 2 is 2.28 bits per heavy atom. The van der Waals surface area contributed by atoms with Gasteiger partial charge in [0.25, 0.3) is 0 Å². The summed E-state index contributed by atoms with van der Waals surface area (Å²) in [7, 11) is 0. The molecule has 1 amide bonds. The molecule has 0 bridgehead atoms. The van der Waals surface area contributed by atoms with Gasteiger partial charge in [0.15, 0.2) is 0 Å². The second-order valence-electron chi connectivity index (χ2n) is 3.87. The van der Waals surface area contributed by atoms with Crippen LogP contribution in [0.3, 0.4) is 0 Å². The fraction of sp³-hybridized carbons (Fsp3) is 0.250. The third kappa shape index (κ3) is 3.12. The van der Waals surface area contributed by atoms with E-state index in [1.54, 1.807) is 0 Å². The molecule has 0 unspecified atom stereocenters. The minimum Gasteiger partial charge on any atom is -0.330 e. The highest BCUT2D eigenvalue weighted by Crippen LogP contribution is 2.26. The van der Waals surface area contributed by atoms with Crippen LogP contribution in [0.15, 0.2) is 24.3 Å². The standard InChI is InChI=1S/C12H14N4OS/c1-8-3-2-4-9(7-8)11-15-16-12(18-11)14-10(17)5-6-13/h2-4,7H,5-6,13H2,1H3,(H,14,16,17). The molecule has 3 N–H and O–H groups in total. The van der Waals surface area contributed by atoms with Gasteiger partial charge < -0.3 is 11.1 Å². The number of anilines is 1. The van der Waals surface area contributed by atoms with Gasteiger partial charge in [-0.25, -0.2) is 0 Å². The van der Waals surface area contributed by atoms with Crippen LogP contribution in [0.2, 0.25) is 0 Å². The van der Waals surface area contributed by atoms with Crippen molar-refractivity contribution >= 4 is 22.4 Å². The van der Waals surface area contributed by atoms with Gasteiger partial charge in [-0.1, -0.05) is 35.1 Å². The van der Waals surface area contributed by atoms with Gasteiger partial charge in [-0.15, -0.1) is 10.2 Å². The quantitative estimate of drug-likeness (QED) is 0.880. The van der Waals surface area contributed by atoms with Crippen molar-refractivity contribution in [1.82, 2.24) is 10.2 Å². The van der Waals surface area contributed by atoms with Gasteiger partial charge in [0.1, 0.15) is 5.01 Å². The van der Waals surface area contributed by atoms with Gasteiger partial charge in [0.2, 0.25) is 11.0 Å². The zero-order valence-corrected chi connectivity index (χ0v) is 10.8. The molecule has 0 saturated carbocycles. The van der Waals surface area contributed by atoms with Crippen LogP contribution in [-0.4, -0.2) is 22.6 Å².